The molecule has 0 aliphatic rings. The molecule has 2 radical (unpaired) electrons. The molecule has 0 aromatic heterocycles. The van der Waals surface area contributed by atoms with Crippen LogP contribution in [0.5, 0.6) is 0 Å². The van der Waals surface area contributed by atoms with Gasteiger partial charge in [-0.15, -0.1) is 5.54 Å². The number of halogens is 1. The van der Waals surface area contributed by atoms with Gasteiger partial charge in [-0.25, -0.2) is 0 Å². The second-order valence-corrected chi connectivity index (χ2v) is 6.88. The largest absolute Gasteiger partial charge is 0.155 e. The first-order valence-electron chi connectivity index (χ1n) is 5.70. The van der Waals surface area contributed by atoms with Gasteiger partial charge >= 0.3 is 0 Å². The van der Waals surface area contributed by atoms with E-state index in [4.69, 9.17) is 0 Å². The van der Waals surface area contributed by atoms with Crippen LogP contribution in [0.15, 0.2) is 0 Å². The van der Waals surface area contributed by atoms with Gasteiger partial charge in [0.2, 0.25) is 0 Å². The summed E-state index contributed by atoms with van der Waals surface area (Å²) < 4.78 is 0. The van der Waals surface area contributed by atoms with E-state index in [1.165, 1.54) is 0 Å². The molecule has 15 heavy (non-hydrogen) atoms. The minimum atomic E-state index is 0.384. The summed E-state index contributed by atoms with van der Waals surface area (Å²) in [5.74, 6) is 5.23. The van der Waals surface area contributed by atoms with Crippen LogP contribution >= 0.6 is 15.9 Å². The van der Waals surface area contributed by atoms with E-state index in [0.29, 0.717) is 22.8 Å². The summed E-state index contributed by atoms with van der Waals surface area (Å²) >= 11 is 3.36. The van der Waals surface area contributed by atoms with Crippen molar-refractivity contribution in [3.63, 3.8) is 0 Å². The molecule has 86 valence electrons. The van der Waals surface area contributed by atoms with Gasteiger partial charge in [0.25, 0.3) is 0 Å². The van der Waals surface area contributed by atoms with Gasteiger partial charge < -0.3 is 0 Å². The SMILES string of the molecule is CC(C)C([Si]C#CCBr)(C(C)C)C(C)C. The fourth-order valence-corrected chi connectivity index (χ4v) is 4.28. The molecular weight excluding hydrogens is 264 g/mol. The summed E-state index contributed by atoms with van der Waals surface area (Å²) in [4.78, 5) is 0. The Morgan fingerprint density at radius 1 is 1.00 bits per heavy atom. The first-order valence-corrected chi connectivity index (χ1v) is 7.82. The molecule has 2 heteroatoms. The summed E-state index contributed by atoms with van der Waals surface area (Å²) in [6, 6.07) is 0. The Kier molecular flexibility index (Phi) is 6.87. The van der Waals surface area contributed by atoms with Crippen LogP contribution in [0.2, 0.25) is 5.04 Å². The summed E-state index contributed by atoms with van der Waals surface area (Å²) in [7, 11) is 0.750. The summed E-state index contributed by atoms with van der Waals surface area (Å²) in [5.41, 5.74) is 3.35. The van der Waals surface area contributed by atoms with Crippen molar-refractivity contribution in [3.8, 4) is 11.5 Å². The van der Waals surface area contributed by atoms with Crippen LogP contribution in [0, 0.1) is 29.2 Å². The lowest BCUT2D eigenvalue weighted by molar-refractivity contribution is 0.233. The van der Waals surface area contributed by atoms with E-state index in [0.717, 1.165) is 14.8 Å². The topological polar surface area (TPSA) is 0 Å². The van der Waals surface area contributed by atoms with Crippen LogP contribution < -0.4 is 0 Å². The average Bonchev–Trinajstić information content (AvgIpc) is 2.10. The zero-order valence-corrected chi connectivity index (χ0v) is 13.4. The molecule has 0 unspecified atom stereocenters. The van der Waals surface area contributed by atoms with E-state index in [1.807, 2.05) is 0 Å². The van der Waals surface area contributed by atoms with Crippen molar-refractivity contribution < 1.29 is 0 Å². The molecule has 0 amide bonds. The van der Waals surface area contributed by atoms with Crippen molar-refractivity contribution in [2.75, 3.05) is 5.33 Å². The fraction of sp³-hybridized carbons (Fsp3) is 0.846. The fourth-order valence-electron chi connectivity index (χ4n) is 2.62. The Morgan fingerprint density at radius 2 is 1.40 bits per heavy atom. The molecule has 0 aliphatic heterocycles. The molecule has 0 spiro atoms. The van der Waals surface area contributed by atoms with Gasteiger partial charge in [-0.2, -0.15) is 0 Å². The zero-order valence-electron chi connectivity index (χ0n) is 10.8. The van der Waals surface area contributed by atoms with Crippen molar-refractivity contribution in [2.45, 2.75) is 46.6 Å². The maximum atomic E-state index is 3.36. The van der Waals surface area contributed by atoms with Gasteiger partial charge in [0, 0.05) is 0 Å². The Morgan fingerprint density at radius 3 is 1.67 bits per heavy atom. The molecule has 0 fully saturated rings. The van der Waals surface area contributed by atoms with Crippen LogP contribution in [0.3, 0.4) is 0 Å². The highest BCUT2D eigenvalue weighted by Crippen LogP contribution is 2.48. The third-order valence-electron chi connectivity index (χ3n) is 3.30. The predicted molar refractivity (Wildman–Crippen MR) is 74.5 cm³/mol. The number of hydrogen-bond acceptors (Lipinski definition) is 0. The van der Waals surface area contributed by atoms with Crippen molar-refractivity contribution >= 4 is 25.4 Å². The van der Waals surface area contributed by atoms with E-state index < -0.39 is 0 Å². The molecule has 0 aromatic rings. The molecule has 0 saturated carbocycles. The molecule has 0 aromatic carbocycles. The third kappa shape index (κ3) is 3.64. The van der Waals surface area contributed by atoms with Crippen LogP contribution in [-0.4, -0.2) is 14.8 Å². The molecule has 0 N–H and O–H groups in total. The smallest absolute Gasteiger partial charge is 0.134 e. The average molecular weight is 287 g/mol. The summed E-state index contributed by atoms with van der Waals surface area (Å²) in [6.07, 6.45) is 0. The van der Waals surface area contributed by atoms with Crippen molar-refractivity contribution in [1.29, 1.82) is 0 Å². The van der Waals surface area contributed by atoms with E-state index in [-0.39, 0.29) is 0 Å². The number of hydrogen-bond donors (Lipinski definition) is 0. The lowest BCUT2D eigenvalue weighted by Gasteiger charge is -2.43. The predicted octanol–water partition coefficient (Wildman–Crippen LogP) is 4.17. The van der Waals surface area contributed by atoms with Crippen LogP contribution in [0.25, 0.3) is 0 Å². The van der Waals surface area contributed by atoms with E-state index in [1.54, 1.807) is 0 Å². The molecule has 0 heterocycles. The summed E-state index contributed by atoms with van der Waals surface area (Å²) in [5, 5.41) is 1.18. The minimum Gasteiger partial charge on any atom is -0.134 e. The van der Waals surface area contributed by atoms with Crippen molar-refractivity contribution in [3.05, 3.63) is 0 Å². The van der Waals surface area contributed by atoms with E-state index >= 15 is 0 Å². The number of alkyl halides is 1. The highest BCUT2D eigenvalue weighted by molar-refractivity contribution is 9.09. The Balaban J connectivity index is 4.96. The van der Waals surface area contributed by atoms with Gasteiger partial charge in [0.15, 0.2) is 9.52 Å². The van der Waals surface area contributed by atoms with Crippen molar-refractivity contribution in [1.82, 2.24) is 0 Å². The lowest BCUT2D eigenvalue weighted by Crippen LogP contribution is -2.36. The Labute approximate surface area is 107 Å². The first kappa shape index (κ1) is 15.3. The molecule has 0 bridgehead atoms. The standard InChI is InChI=1S/C13H23BrSi/c1-10(2)13(11(3)4,12(5)6)15-9-7-8-14/h10-12H,8H2,1-6H3. The number of rotatable bonds is 4. The highest BCUT2D eigenvalue weighted by atomic mass is 79.9. The minimum absolute atomic E-state index is 0.384. The quantitative estimate of drug-likeness (QED) is 0.413. The molecular formula is C13H23BrSi. The normalized spacial score (nSPS) is 12.1. The maximum absolute atomic E-state index is 3.36. The Hall–Kier alpha value is 0.257. The van der Waals surface area contributed by atoms with Crippen LogP contribution in [0.1, 0.15) is 41.5 Å². The summed E-state index contributed by atoms with van der Waals surface area (Å²) in [6.45, 7) is 14.0. The Bertz CT molecular complexity index is 211. The van der Waals surface area contributed by atoms with Crippen LogP contribution in [0.4, 0.5) is 0 Å². The molecule has 0 aliphatic carbocycles. The van der Waals surface area contributed by atoms with Crippen molar-refractivity contribution in [2.24, 2.45) is 17.8 Å². The molecule has 0 atom stereocenters. The second kappa shape index (κ2) is 6.76. The van der Waals surface area contributed by atoms with E-state index in [2.05, 4.69) is 68.9 Å². The third-order valence-corrected chi connectivity index (χ3v) is 6.05. The monoisotopic (exact) mass is 286 g/mol. The van der Waals surface area contributed by atoms with Gasteiger partial charge in [-0.05, 0) is 22.8 Å². The van der Waals surface area contributed by atoms with Crippen LogP contribution in [-0.2, 0) is 0 Å². The molecule has 0 rings (SSSR count). The maximum Gasteiger partial charge on any atom is 0.155 e. The molecule has 0 saturated heterocycles. The van der Waals surface area contributed by atoms with E-state index in [9.17, 15) is 0 Å². The zero-order chi connectivity index (χ0) is 12.1. The van der Waals surface area contributed by atoms with Gasteiger partial charge in [0.05, 0.1) is 5.33 Å². The molecule has 0 nitrogen and oxygen atoms in total. The van der Waals surface area contributed by atoms with Gasteiger partial charge in [-0.3, -0.25) is 0 Å². The first-order chi connectivity index (χ1) is 6.89. The highest BCUT2D eigenvalue weighted by Gasteiger charge is 2.40. The van der Waals surface area contributed by atoms with Gasteiger partial charge in [0.1, 0.15) is 0 Å². The van der Waals surface area contributed by atoms with Gasteiger partial charge in [-0.1, -0.05) is 63.4 Å². The lowest BCUT2D eigenvalue weighted by atomic mass is 9.76. The second-order valence-electron chi connectivity index (χ2n) is 4.96.